The highest BCUT2D eigenvalue weighted by Gasteiger charge is 1.87. The first kappa shape index (κ1) is 10.7. The molecule has 12 heavy (non-hydrogen) atoms. The van der Waals surface area contributed by atoms with Gasteiger partial charge in [0.05, 0.1) is 0 Å². The monoisotopic (exact) mass is 162 g/mol. The van der Waals surface area contributed by atoms with Gasteiger partial charge in [-0.3, -0.25) is 0 Å². The van der Waals surface area contributed by atoms with Crippen molar-refractivity contribution in [2.24, 2.45) is 5.73 Å². The van der Waals surface area contributed by atoms with Crippen molar-refractivity contribution < 1.29 is 0 Å². The predicted octanol–water partition coefficient (Wildman–Crippen LogP) is 1.68. The van der Waals surface area contributed by atoms with Crippen molar-refractivity contribution in [1.29, 1.82) is 0 Å². The topological polar surface area (TPSA) is 61.0 Å². The number of nitrogens with two attached hydrogens (primary N) is 1. The van der Waals surface area contributed by atoms with Gasteiger partial charge in [-0.05, 0) is 24.6 Å². The Morgan fingerprint density at radius 2 is 1.83 bits per heavy atom. The normalized spacial score (nSPS) is 7.83. The summed E-state index contributed by atoms with van der Waals surface area (Å²) in [5.41, 5.74) is 7.63. The summed E-state index contributed by atoms with van der Waals surface area (Å²) in [6.07, 6.45) is 0. The molecular weight excluding hydrogens is 148 g/mol. The molecule has 0 aromatic heterocycles. The summed E-state index contributed by atoms with van der Waals surface area (Å²) in [6, 6.07) is 7.97. The quantitative estimate of drug-likeness (QED) is 0.617. The molecule has 0 aliphatic carbocycles. The van der Waals surface area contributed by atoms with Gasteiger partial charge in [0, 0.05) is 12.1 Å². The standard InChI is InChI=1S/C10H11N.H3N/c1-2-3-9-4-6-10(8-11)7-5-9;/h4-7H,8,11H2,1H3;1H3. The lowest BCUT2D eigenvalue weighted by Crippen LogP contribution is -1.95. The fourth-order valence-corrected chi connectivity index (χ4v) is 0.868. The predicted molar refractivity (Wildman–Crippen MR) is 51.9 cm³/mol. The average Bonchev–Trinajstić information content (AvgIpc) is 2.07. The molecule has 5 N–H and O–H groups in total. The Hall–Kier alpha value is -1.30. The van der Waals surface area contributed by atoms with Crippen molar-refractivity contribution in [3.8, 4) is 11.8 Å². The van der Waals surface area contributed by atoms with Gasteiger partial charge in [0.2, 0.25) is 0 Å². The van der Waals surface area contributed by atoms with Crippen LogP contribution < -0.4 is 11.9 Å². The molecule has 1 aromatic rings. The zero-order valence-corrected chi connectivity index (χ0v) is 7.30. The Labute approximate surface area is 73.4 Å². The highest BCUT2D eigenvalue weighted by Crippen LogP contribution is 2.01. The zero-order chi connectivity index (χ0) is 8.10. The van der Waals surface area contributed by atoms with Crippen molar-refractivity contribution in [2.75, 3.05) is 0 Å². The van der Waals surface area contributed by atoms with E-state index < -0.39 is 0 Å². The molecule has 0 atom stereocenters. The van der Waals surface area contributed by atoms with Crippen LogP contribution in [0.2, 0.25) is 0 Å². The Balaban J connectivity index is 0.00000121. The van der Waals surface area contributed by atoms with Gasteiger partial charge in [0.1, 0.15) is 0 Å². The molecule has 0 amide bonds. The van der Waals surface area contributed by atoms with Crippen molar-refractivity contribution in [3.63, 3.8) is 0 Å². The molecule has 0 spiro atoms. The Morgan fingerprint density at radius 3 is 2.25 bits per heavy atom. The van der Waals surface area contributed by atoms with E-state index in [1.165, 1.54) is 0 Å². The third-order valence-electron chi connectivity index (χ3n) is 1.46. The van der Waals surface area contributed by atoms with E-state index in [0.717, 1.165) is 11.1 Å². The van der Waals surface area contributed by atoms with Crippen LogP contribution in [0.1, 0.15) is 18.1 Å². The van der Waals surface area contributed by atoms with Crippen molar-refractivity contribution >= 4 is 0 Å². The van der Waals surface area contributed by atoms with Crippen molar-refractivity contribution in [2.45, 2.75) is 13.5 Å². The Bertz CT molecular complexity index is 277. The minimum Gasteiger partial charge on any atom is -0.344 e. The first-order chi connectivity index (χ1) is 5.36. The molecule has 64 valence electrons. The van der Waals surface area contributed by atoms with Gasteiger partial charge in [0.25, 0.3) is 0 Å². The minimum absolute atomic E-state index is 0. The van der Waals surface area contributed by atoms with Crippen LogP contribution in [0.25, 0.3) is 0 Å². The van der Waals surface area contributed by atoms with Gasteiger partial charge in [-0.15, -0.1) is 5.92 Å². The van der Waals surface area contributed by atoms with E-state index >= 15 is 0 Å². The summed E-state index contributed by atoms with van der Waals surface area (Å²) in [5.74, 6) is 5.81. The highest BCUT2D eigenvalue weighted by atomic mass is 14.5. The van der Waals surface area contributed by atoms with Gasteiger partial charge in [-0.25, -0.2) is 0 Å². The van der Waals surface area contributed by atoms with Crippen molar-refractivity contribution in [1.82, 2.24) is 6.15 Å². The maximum absolute atomic E-state index is 5.44. The number of hydrogen-bond acceptors (Lipinski definition) is 2. The average molecular weight is 162 g/mol. The molecular formula is C10H14N2. The molecule has 0 saturated carbocycles. The third kappa shape index (κ3) is 2.75. The van der Waals surface area contributed by atoms with Crippen LogP contribution in [0.3, 0.4) is 0 Å². The minimum atomic E-state index is 0. The van der Waals surface area contributed by atoms with Gasteiger partial charge in [-0.1, -0.05) is 18.1 Å². The molecule has 0 heterocycles. The van der Waals surface area contributed by atoms with E-state index in [1.807, 2.05) is 31.2 Å². The van der Waals surface area contributed by atoms with Crippen LogP contribution in [-0.2, 0) is 6.54 Å². The molecule has 2 heteroatoms. The summed E-state index contributed by atoms with van der Waals surface area (Å²) < 4.78 is 0. The summed E-state index contributed by atoms with van der Waals surface area (Å²) in [5, 5.41) is 0. The lowest BCUT2D eigenvalue weighted by Gasteiger charge is -1.94. The van der Waals surface area contributed by atoms with Gasteiger partial charge in [-0.2, -0.15) is 0 Å². The molecule has 0 aliphatic rings. The molecule has 0 radical (unpaired) electrons. The maximum Gasteiger partial charge on any atom is 0.0245 e. The zero-order valence-electron chi connectivity index (χ0n) is 7.30. The number of hydrogen-bond donors (Lipinski definition) is 2. The second-order valence-corrected chi connectivity index (χ2v) is 2.28. The lowest BCUT2D eigenvalue weighted by atomic mass is 10.1. The summed E-state index contributed by atoms with van der Waals surface area (Å²) >= 11 is 0. The van der Waals surface area contributed by atoms with E-state index in [-0.39, 0.29) is 6.15 Å². The highest BCUT2D eigenvalue weighted by molar-refractivity contribution is 5.35. The first-order valence-electron chi connectivity index (χ1n) is 3.58. The molecule has 0 unspecified atom stereocenters. The van der Waals surface area contributed by atoms with E-state index in [1.54, 1.807) is 0 Å². The van der Waals surface area contributed by atoms with E-state index in [4.69, 9.17) is 5.73 Å². The maximum atomic E-state index is 5.44. The lowest BCUT2D eigenvalue weighted by molar-refractivity contribution is 1.07. The summed E-state index contributed by atoms with van der Waals surface area (Å²) in [6.45, 7) is 2.43. The van der Waals surface area contributed by atoms with Gasteiger partial charge in [0.15, 0.2) is 0 Å². The number of rotatable bonds is 1. The second-order valence-electron chi connectivity index (χ2n) is 2.28. The van der Waals surface area contributed by atoms with Crippen LogP contribution in [-0.4, -0.2) is 0 Å². The SMILES string of the molecule is CC#Cc1ccc(CN)cc1.N. The molecule has 0 fully saturated rings. The van der Waals surface area contributed by atoms with Crippen LogP contribution in [0, 0.1) is 11.8 Å². The summed E-state index contributed by atoms with van der Waals surface area (Å²) in [4.78, 5) is 0. The molecule has 0 saturated heterocycles. The fourth-order valence-electron chi connectivity index (χ4n) is 0.868. The summed E-state index contributed by atoms with van der Waals surface area (Å²) in [7, 11) is 0. The molecule has 1 rings (SSSR count). The fraction of sp³-hybridized carbons (Fsp3) is 0.200. The molecule has 1 aromatic carbocycles. The smallest absolute Gasteiger partial charge is 0.0245 e. The van der Waals surface area contributed by atoms with E-state index in [9.17, 15) is 0 Å². The Kier molecular flexibility index (Phi) is 4.78. The van der Waals surface area contributed by atoms with Crippen molar-refractivity contribution in [3.05, 3.63) is 35.4 Å². The second kappa shape index (κ2) is 5.36. The van der Waals surface area contributed by atoms with Crippen LogP contribution in [0.5, 0.6) is 0 Å². The third-order valence-corrected chi connectivity index (χ3v) is 1.46. The van der Waals surface area contributed by atoms with E-state index in [0.29, 0.717) is 6.54 Å². The number of benzene rings is 1. The van der Waals surface area contributed by atoms with Gasteiger partial charge >= 0.3 is 0 Å². The molecule has 2 nitrogen and oxygen atoms in total. The van der Waals surface area contributed by atoms with Gasteiger partial charge < -0.3 is 11.9 Å². The first-order valence-corrected chi connectivity index (χ1v) is 3.58. The Morgan fingerprint density at radius 1 is 1.25 bits per heavy atom. The van der Waals surface area contributed by atoms with Crippen LogP contribution in [0.4, 0.5) is 0 Å². The largest absolute Gasteiger partial charge is 0.344 e. The van der Waals surface area contributed by atoms with E-state index in [2.05, 4.69) is 11.8 Å². The molecule has 0 aliphatic heterocycles. The van der Waals surface area contributed by atoms with Crippen LogP contribution in [0.15, 0.2) is 24.3 Å². The van der Waals surface area contributed by atoms with Crippen LogP contribution >= 0.6 is 0 Å². The molecule has 0 bridgehead atoms.